The molecule has 2 aliphatic heterocycles. The average Bonchev–Trinajstić information content (AvgIpc) is 2.54. The van der Waals surface area contributed by atoms with Gasteiger partial charge in [0.15, 0.2) is 0 Å². The van der Waals surface area contributed by atoms with Gasteiger partial charge in [0.05, 0.1) is 4.47 Å². The highest BCUT2D eigenvalue weighted by Crippen LogP contribution is 2.37. The van der Waals surface area contributed by atoms with Crippen molar-refractivity contribution in [2.24, 2.45) is 5.92 Å². The number of benzene rings is 1. The van der Waals surface area contributed by atoms with Crippen LogP contribution in [0.15, 0.2) is 22.7 Å². The van der Waals surface area contributed by atoms with Gasteiger partial charge in [0.25, 0.3) is 0 Å². The smallest absolute Gasteiger partial charge is 0.142 e. The van der Waals surface area contributed by atoms with E-state index in [-0.39, 0.29) is 11.9 Å². The molecule has 1 aromatic rings. The molecule has 2 heterocycles. The lowest BCUT2D eigenvalue weighted by Crippen LogP contribution is -2.47. The molecule has 1 atom stereocenters. The highest BCUT2D eigenvalue weighted by atomic mass is 79.9. The van der Waals surface area contributed by atoms with Crippen LogP contribution in [0.4, 0.5) is 4.39 Å². The molecule has 0 amide bonds. The molecule has 3 nitrogen and oxygen atoms in total. The van der Waals surface area contributed by atoms with E-state index < -0.39 is 0 Å². The van der Waals surface area contributed by atoms with Gasteiger partial charge in [-0.15, -0.1) is 0 Å². The summed E-state index contributed by atoms with van der Waals surface area (Å²) in [5.74, 6) is 0.369. The quantitative estimate of drug-likeness (QED) is 0.900. The molecule has 0 unspecified atom stereocenters. The van der Waals surface area contributed by atoms with Crippen LogP contribution in [0.2, 0.25) is 0 Å². The van der Waals surface area contributed by atoms with Crippen molar-refractivity contribution in [2.75, 3.05) is 39.4 Å². The summed E-state index contributed by atoms with van der Waals surface area (Å²) >= 11 is 3.33. The first-order valence-electron chi connectivity index (χ1n) is 7.74. The third-order valence-corrected chi connectivity index (χ3v) is 5.17. The summed E-state index contributed by atoms with van der Waals surface area (Å²) < 4.78 is 20.7. The Morgan fingerprint density at radius 2 is 1.95 bits per heavy atom. The maximum Gasteiger partial charge on any atom is 0.142 e. The number of rotatable bonds is 3. The molecule has 3 rings (SSSR count). The van der Waals surface area contributed by atoms with Crippen molar-refractivity contribution in [3.05, 3.63) is 34.1 Å². The maximum atomic E-state index is 14.6. The summed E-state index contributed by atoms with van der Waals surface area (Å²) in [6.07, 6.45) is 2.03. The van der Waals surface area contributed by atoms with Crippen LogP contribution >= 0.6 is 15.9 Å². The van der Waals surface area contributed by atoms with Gasteiger partial charge in [-0.1, -0.05) is 12.1 Å². The number of hydrogen-bond donors (Lipinski definition) is 1. The fourth-order valence-corrected chi connectivity index (χ4v) is 3.87. The predicted molar refractivity (Wildman–Crippen MR) is 84.8 cm³/mol. The first-order chi connectivity index (χ1) is 10.3. The summed E-state index contributed by atoms with van der Waals surface area (Å²) in [5.41, 5.74) is 0.832. The second-order valence-corrected chi connectivity index (χ2v) is 6.68. The van der Waals surface area contributed by atoms with Gasteiger partial charge in [-0.3, -0.25) is 4.90 Å². The van der Waals surface area contributed by atoms with Crippen LogP contribution in [0.25, 0.3) is 0 Å². The van der Waals surface area contributed by atoms with E-state index >= 15 is 0 Å². The lowest BCUT2D eigenvalue weighted by atomic mass is 9.85. The normalized spacial score (nSPS) is 23.1. The number of halogens is 2. The van der Waals surface area contributed by atoms with Gasteiger partial charge >= 0.3 is 0 Å². The summed E-state index contributed by atoms with van der Waals surface area (Å²) in [6, 6.07) is 5.82. The Morgan fingerprint density at radius 1 is 1.24 bits per heavy atom. The second-order valence-electron chi connectivity index (χ2n) is 5.82. The molecule has 0 aromatic heterocycles. The van der Waals surface area contributed by atoms with Gasteiger partial charge in [-0.25, -0.2) is 4.39 Å². The van der Waals surface area contributed by atoms with Crippen LogP contribution in [0, 0.1) is 11.7 Å². The average molecular weight is 357 g/mol. The Morgan fingerprint density at radius 3 is 2.67 bits per heavy atom. The standard InChI is InChI=1S/C16H22BrFN2O/c17-14-3-1-2-13(15(14)18)16(12-4-10-21-11-5-12)20-8-6-19-7-9-20/h1-3,12,16,19H,4-11H2/t16-/m1/s1. The van der Waals surface area contributed by atoms with E-state index in [0.29, 0.717) is 10.4 Å². The first kappa shape index (κ1) is 15.4. The third-order valence-electron chi connectivity index (χ3n) is 4.56. The van der Waals surface area contributed by atoms with Crippen LogP contribution in [0.5, 0.6) is 0 Å². The topological polar surface area (TPSA) is 24.5 Å². The van der Waals surface area contributed by atoms with E-state index in [1.807, 2.05) is 12.1 Å². The summed E-state index contributed by atoms with van der Waals surface area (Å²) in [4.78, 5) is 2.44. The number of piperazine rings is 1. The Kier molecular flexibility index (Phi) is 5.27. The third kappa shape index (κ3) is 3.47. The molecule has 5 heteroatoms. The van der Waals surface area contributed by atoms with Gasteiger partial charge in [-0.2, -0.15) is 0 Å². The van der Waals surface area contributed by atoms with Crippen LogP contribution in [0.1, 0.15) is 24.4 Å². The number of nitrogens with zero attached hydrogens (tertiary/aromatic N) is 1. The zero-order chi connectivity index (χ0) is 14.7. The van der Waals surface area contributed by atoms with Gasteiger partial charge in [0, 0.05) is 51.0 Å². The lowest BCUT2D eigenvalue weighted by molar-refractivity contribution is 0.0202. The van der Waals surface area contributed by atoms with E-state index in [4.69, 9.17) is 4.74 Å². The highest BCUT2D eigenvalue weighted by molar-refractivity contribution is 9.10. The fourth-order valence-electron chi connectivity index (χ4n) is 3.49. The van der Waals surface area contributed by atoms with Crippen molar-refractivity contribution < 1.29 is 9.13 Å². The molecule has 2 aliphatic rings. The Labute approximate surface area is 134 Å². The molecule has 0 bridgehead atoms. The van der Waals surface area contributed by atoms with E-state index in [0.717, 1.165) is 57.8 Å². The Bertz CT molecular complexity index is 455. The van der Waals surface area contributed by atoms with Crippen molar-refractivity contribution in [1.82, 2.24) is 10.2 Å². The molecule has 0 aliphatic carbocycles. The Hall–Kier alpha value is -0.490. The van der Waals surface area contributed by atoms with Crippen molar-refractivity contribution in [1.29, 1.82) is 0 Å². The van der Waals surface area contributed by atoms with Crippen LogP contribution in [0.3, 0.4) is 0 Å². The summed E-state index contributed by atoms with van der Waals surface area (Å²) in [7, 11) is 0. The molecular weight excluding hydrogens is 335 g/mol. The Balaban J connectivity index is 1.91. The molecule has 0 spiro atoms. The first-order valence-corrected chi connectivity index (χ1v) is 8.53. The van der Waals surface area contributed by atoms with E-state index in [9.17, 15) is 4.39 Å². The zero-order valence-electron chi connectivity index (χ0n) is 12.2. The molecule has 116 valence electrons. The van der Waals surface area contributed by atoms with Crippen molar-refractivity contribution in [3.63, 3.8) is 0 Å². The minimum Gasteiger partial charge on any atom is -0.381 e. The van der Waals surface area contributed by atoms with Crippen molar-refractivity contribution >= 4 is 15.9 Å². The number of nitrogens with one attached hydrogen (secondary N) is 1. The molecule has 2 saturated heterocycles. The molecule has 2 fully saturated rings. The van der Waals surface area contributed by atoms with Crippen molar-refractivity contribution in [2.45, 2.75) is 18.9 Å². The second kappa shape index (κ2) is 7.18. The SMILES string of the molecule is Fc1c(Br)cccc1[C@@H](C1CCOCC1)N1CCNCC1. The molecule has 1 N–H and O–H groups in total. The van der Waals surface area contributed by atoms with E-state index in [2.05, 4.69) is 26.1 Å². The number of ether oxygens (including phenoxy) is 1. The van der Waals surface area contributed by atoms with Crippen LogP contribution in [-0.2, 0) is 4.74 Å². The van der Waals surface area contributed by atoms with Gasteiger partial charge in [0.2, 0.25) is 0 Å². The largest absolute Gasteiger partial charge is 0.381 e. The summed E-state index contributed by atoms with van der Waals surface area (Å²) in [6.45, 7) is 5.51. The van der Waals surface area contributed by atoms with E-state index in [1.165, 1.54) is 0 Å². The van der Waals surface area contributed by atoms with E-state index in [1.54, 1.807) is 6.07 Å². The molecule has 21 heavy (non-hydrogen) atoms. The molecular formula is C16H22BrFN2O. The molecule has 0 radical (unpaired) electrons. The molecule has 0 saturated carbocycles. The maximum absolute atomic E-state index is 14.6. The summed E-state index contributed by atoms with van der Waals surface area (Å²) in [5, 5.41) is 3.38. The minimum atomic E-state index is -0.104. The van der Waals surface area contributed by atoms with Gasteiger partial charge in [-0.05, 0) is 40.8 Å². The molecule has 1 aromatic carbocycles. The van der Waals surface area contributed by atoms with Gasteiger partial charge in [0.1, 0.15) is 5.82 Å². The number of hydrogen-bond acceptors (Lipinski definition) is 3. The predicted octanol–water partition coefficient (Wildman–Crippen LogP) is 2.96. The van der Waals surface area contributed by atoms with Gasteiger partial charge < -0.3 is 10.1 Å². The monoisotopic (exact) mass is 356 g/mol. The van der Waals surface area contributed by atoms with Crippen LogP contribution in [-0.4, -0.2) is 44.3 Å². The fraction of sp³-hybridized carbons (Fsp3) is 0.625. The highest BCUT2D eigenvalue weighted by Gasteiger charge is 2.33. The van der Waals surface area contributed by atoms with Crippen molar-refractivity contribution in [3.8, 4) is 0 Å². The minimum absolute atomic E-state index is 0.104. The zero-order valence-corrected chi connectivity index (χ0v) is 13.7. The van der Waals surface area contributed by atoms with Crippen LogP contribution < -0.4 is 5.32 Å². The lowest BCUT2D eigenvalue weighted by Gasteiger charge is -2.41.